The first kappa shape index (κ1) is 16.0. The molecule has 5 heteroatoms. The minimum atomic E-state index is -0.328. The molecule has 0 heterocycles. The average Bonchev–Trinajstić information content (AvgIpc) is 2.53. The van der Waals surface area contributed by atoms with Crippen LogP contribution in [0.5, 0.6) is 0 Å². The largest absolute Gasteiger partial charge is 0.352 e. The summed E-state index contributed by atoms with van der Waals surface area (Å²) in [6, 6.07) is 16.8. The standard InChI is InChI=1S/C17H17ClN2O2/c18-15-9-5-4-8-14(15)12-20-17(22)10-16(21)19-11-13-6-2-1-3-7-13/h1-9H,10-12H2,(H,19,21)(H,20,22). The predicted octanol–water partition coefficient (Wildman–Crippen LogP) is 2.66. The first-order valence-corrected chi connectivity index (χ1v) is 7.33. The Hall–Kier alpha value is -2.33. The van der Waals surface area contributed by atoms with E-state index in [1.54, 1.807) is 6.07 Å². The minimum absolute atomic E-state index is 0.197. The van der Waals surface area contributed by atoms with Gasteiger partial charge in [0.15, 0.2) is 0 Å². The highest BCUT2D eigenvalue weighted by molar-refractivity contribution is 6.31. The fraction of sp³-hybridized carbons (Fsp3) is 0.176. The van der Waals surface area contributed by atoms with Crippen LogP contribution in [-0.4, -0.2) is 11.8 Å². The predicted molar refractivity (Wildman–Crippen MR) is 86.2 cm³/mol. The summed E-state index contributed by atoms with van der Waals surface area (Å²) in [5, 5.41) is 5.99. The van der Waals surface area contributed by atoms with Crippen LogP contribution in [0.2, 0.25) is 5.02 Å². The third kappa shape index (κ3) is 5.22. The Labute approximate surface area is 134 Å². The molecule has 0 aliphatic rings. The van der Waals surface area contributed by atoms with Crippen molar-refractivity contribution in [3.63, 3.8) is 0 Å². The molecular formula is C17H17ClN2O2. The lowest BCUT2D eigenvalue weighted by Gasteiger charge is -2.08. The Bertz CT molecular complexity index is 644. The molecule has 0 unspecified atom stereocenters. The third-order valence-corrected chi connectivity index (χ3v) is 3.46. The van der Waals surface area contributed by atoms with Crippen molar-refractivity contribution in [3.05, 3.63) is 70.7 Å². The highest BCUT2D eigenvalue weighted by Gasteiger charge is 2.09. The number of halogens is 1. The van der Waals surface area contributed by atoms with E-state index in [9.17, 15) is 9.59 Å². The molecule has 0 atom stereocenters. The summed E-state index contributed by atoms with van der Waals surface area (Å²) in [4.78, 5) is 23.4. The summed E-state index contributed by atoms with van der Waals surface area (Å²) in [6.45, 7) is 0.724. The van der Waals surface area contributed by atoms with E-state index < -0.39 is 0 Å². The maximum absolute atomic E-state index is 11.7. The van der Waals surface area contributed by atoms with Crippen molar-refractivity contribution in [3.8, 4) is 0 Å². The first-order chi connectivity index (χ1) is 10.6. The van der Waals surface area contributed by atoms with Crippen LogP contribution < -0.4 is 10.6 Å². The van der Waals surface area contributed by atoms with Crippen LogP contribution in [0.15, 0.2) is 54.6 Å². The molecule has 2 aromatic rings. The Morgan fingerprint density at radius 1 is 0.818 bits per heavy atom. The van der Waals surface area contributed by atoms with Gasteiger partial charge in [-0.3, -0.25) is 9.59 Å². The molecule has 22 heavy (non-hydrogen) atoms. The Morgan fingerprint density at radius 3 is 2.09 bits per heavy atom. The summed E-state index contributed by atoms with van der Waals surface area (Å²) >= 11 is 6.00. The molecule has 0 aliphatic heterocycles. The zero-order valence-corrected chi connectivity index (χ0v) is 12.8. The quantitative estimate of drug-likeness (QED) is 0.805. The maximum atomic E-state index is 11.7. The number of benzene rings is 2. The lowest BCUT2D eigenvalue weighted by Crippen LogP contribution is -2.31. The smallest absolute Gasteiger partial charge is 0.229 e. The van der Waals surface area contributed by atoms with E-state index >= 15 is 0 Å². The van der Waals surface area contributed by atoms with Crippen LogP contribution in [0, 0.1) is 0 Å². The fourth-order valence-electron chi connectivity index (χ4n) is 1.90. The van der Waals surface area contributed by atoms with Gasteiger partial charge in [-0.2, -0.15) is 0 Å². The second kappa shape index (κ2) is 8.20. The fourth-order valence-corrected chi connectivity index (χ4v) is 2.11. The van der Waals surface area contributed by atoms with Crippen molar-refractivity contribution < 1.29 is 9.59 Å². The Kier molecular flexibility index (Phi) is 5.98. The van der Waals surface area contributed by atoms with Crippen molar-refractivity contribution in [2.45, 2.75) is 19.5 Å². The van der Waals surface area contributed by atoms with Gasteiger partial charge in [0.1, 0.15) is 6.42 Å². The summed E-state index contributed by atoms with van der Waals surface area (Å²) in [7, 11) is 0. The zero-order valence-electron chi connectivity index (χ0n) is 12.0. The summed E-state index contributed by atoms with van der Waals surface area (Å²) in [5.74, 6) is -0.633. The molecule has 0 aromatic heterocycles. The zero-order chi connectivity index (χ0) is 15.8. The summed E-state index contributed by atoms with van der Waals surface area (Å²) < 4.78 is 0. The topological polar surface area (TPSA) is 58.2 Å². The van der Waals surface area contributed by atoms with Gasteiger partial charge in [0, 0.05) is 18.1 Å². The molecule has 2 rings (SSSR count). The van der Waals surface area contributed by atoms with Crippen LogP contribution in [0.3, 0.4) is 0 Å². The van der Waals surface area contributed by atoms with Gasteiger partial charge < -0.3 is 10.6 Å². The number of carbonyl (C=O) groups excluding carboxylic acids is 2. The highest BCUT2D eigenvalue weighted by Crippen LogP contribution is 2.14. The van der Waals surface area contributed by atoms with E-state index in [0.717, 1.165) is 11.1 Å². The van der Waals surface area contributed by atoms with E-state index in [1.165, 1.54) is 0 Å². The molecule has 2 aromatic carbocycles. The molecular weight excluding hydrogens is 300 g/mol. The van der Waals surface area contributed by atoms with Crippen LogP contribution in [0.25, 0.3) is 0 Å². The van der Waals surface area contributed by atoms with E-state index in [0.29, 0.717) is 18.1 Å². The second-order valence-corrected chi connectivity index (χ2v) is 5.21. The van der Waals surface area contributed by atoms with Crippen molar-refractivity contribution in [2.75, 3.05) is 0 Å². The lowest BCUT2D eigenvalue weighted by atomic mass is 10.2. The van der Waals surface area contributed by atoms with E-state index in [-0.39, 0.29) is 18.2 Å². The third-order valence-electron chi connectivity index (χ3n) is 3.09. The number of carbonyl (C=O) groups is 2. The normalized spacial score (nSPS) is 10.0. The number of rotatable bonds is 6. The van der Waals surface area contributed by atoms with Crippen LogP contribution >= 0.6 is 11.6 Å². The molecule has 0 saturated heterocycles. The van der Waals surface area contributed by atoms with Gasteiger partial charge >= 0.3 is 0 Å². The van der Waals surface area contributed by atoms with Crippen LogP contribution in [0.4, 0.5) is 0 Å². The number of nitrogens with one attached hydrogen (secondary N) is 2. The second-order valence-electron chi connectivity index (χ2n) is 4.81. The molecule has 0 aliphatic carbocycles. The van der Waals surface area contributed by atoms with Crippen LogP contribution in [-0.2, 0) is 22.7 Å². The molecule has 2 amide bonds. The van der Waals surface area contributed by atoms with Crippen molar-refractivity contribution in [1.82, 2.24) is 10.6 Å². The van der Waals surface area contributed by atoms with E-state index in [4.69, 9.17) is 11.6 Å². The molecule has 0 radical (unpaired) electrons. The number of amides is 2. The average molecular weight is 317 g/mol. The molecule has 4 nitrogen and oxygen atoms in total. The molecule has 0 spiro atoms. The number of hydrogen-bond donors (Lipinski definition) is 2. The minimum Gasteiger partial charge on any atom is -0.352 e. The van der Waals surface area contributed by atoms with E-state index in [2.05, 4.69) is 10.6 Å². The van der Waals surface area contributed by atoms with Crippen molar-refractivity contribution in [2.24, 2.45) is 0 Å². The molecule has 114 valence electrons. The molecule has 0 saturated carbocycles. The van der Waals surface area contributed by atoms with Crippen molar-refractivity contribution >= 4 is 23.4 Å². The van der Waals surface area contributed by atoms with Gasteiger partial charge in [-0.05, 0) is 17.2 Å². The monoisotopic (exact) mass is 316 g/mol. The Balaban J connectivity index is 1.72. The van der Waals surface area contributed by atoms with Gasteiger partial charge in [-0.25, -0.2) is 0 Å². The lowest BCUT2D eigenvalue weighted by molar-refractivity contribution is -0.129. The SMILES string of the molecule is O=C(CC(=O)NCc1ccccc1Cl)NCc1ccccc1. The highest BCUT2D eigenvalue weighted by atomic mass is 35.5. The summed E-state index contributed by atoms with van der Waals surface area (Å²) in [6.07, 6.45) is -0.197. The van der Waals surface area contributed by atoms with Crippen LogP contribution in [0.1, 0.15) is 17.5 Å². The maximum Gasteiger partial charge on any atom is 0.229 e. The van der Waals surface area contributed by atoms with Gasteiger partial charge in [-0.15, -0.1) is 0 Å². The molecule has 0 bridgehead atoms. The Morgan fingerprint density at radius 2 is 1.41 bits per heavy atom. The van der Waals surface area contributed by atoms with E-state index in [1.807, 2.05) is 48.5 Å². The summed E-state index contributed by atoms with van der Waals surface area (Å²) in [5.41, 5.74) is 1.81. The van der Waals surface area contributed by atoms with Gasteiger partial charge in [0.25, 0.3) is 0 Å². The van der Waals surface area contributed by atoms with Gasteiger partial charge in [0.2, 0.25) is 11.8 Å². The molecule has 0 fully saturated rings. The van der Waals surface area contributed by atoms with Crippen molar-refractivity contribution in [1.29, 1.82) is 0 Å². The molecule has 2 N–H and O–H groups in total. The number of hydrogen-bond acceptors (Lipinski definition) is 2. The van der Waals surface area contributed by atoms with Gasteiger partial charge in [-0.1, -0.05) is 60.1 Å². The first-order valence-electron chi connectivity index (χ1n) is 6.96. The van der Waals surface area contributed by atoms with Gasteiger partial charge in [0.05, 0.1) is 0 Å².